The van der Waals surface area contributed by atoms with Gasteiger partial charge in [-0.25, -0.2) is 9.69 Å². The van der Waals surface area contributed by atoms with E-state index in [-0.39, 0.29) is 29.8 Å². The molecule has 6 heteroatoms. The van der Waals surface area contributed by atoms with Crippen molar-refractivity contribution in [2.24, 2.45) is 5.92 Å². The fraction of sp³-hybridized carbons (Fsp3) is 0.231. The number of pyridine rings is 2. The highest BCUT2D eigenvalue weighted by atomic mass is 16.2. The molecule has 2 aromatic heterocycles. The van der Waals surface area contributed by atoms with E-state index in [0.717, 1.165) is 40.9 Å². The third-order valence-corrected chi connectivity index (χ3v) is 6.89. The van der Waals surface area contributed by atoms with E-state index in [1.807, 2.05) is 36.5 Å². The molecule has 1 aliphatic carbocycles. The lowest BCUT2D eigenvalue weighted by Crippen LogP contribution is -2.61. The minimum absolute atomic E-state index is 0.133. The Morgan fingerprint density at radius 2 is 1.75 bits per heavy atom. The molecule has 6 rings (SSSR count). The standard InChI is InChI=1S/C26H22N4O2/c31-25-21-11-10-17(20-9-3-6-16-7-4-12-28-24(16)20)13-22(21)29-26(32)30(25)23-15-27-14-18-5-1-2-8-19(18)23/h1-9,12,14-15,17,21-22H,10-11,13H2,(H,29,32). The number of benzene rings is 2. The van der Waals surface area contributed by atoms with E-state index in [1.54, 1.807) is 12.4 Å². The van der Waals surface area contributed by atoms with Gasteiger partial charge in [0.15, 0.2) is 0 Å². The van der Waals surface area contributed by atoms with Crippen LogP contribution in [0.25, 0.3) is 21.7 Å². The smallest absolute Gasteiger partial charge is 0.329 e. The van der Waals surface area contributed by atoms with Crippen LogP contribution in [0.5, 0.6) is 0 Å². The highest BCUT2D eigenvalue weighted by Crippen LogP contribution is 2.41. The van der Waals surface area contributed by atoms with E-state index in [4.69, 9.17) is 0 Å². The Morgan fingerprint density at radius 3 is 2.69 bits per heavy atom. The molecule has 1 N–H and O–H groups in total. The average Bonchev–Trinajstić information content (AvgIpc) is 2.83. The summed E-state index contributed by atoms with van der Waals surface area (Å²) in [5, 5.41) is 5.99. The van der Waals surface area contributed by atoms with Crippen molar-refractivity contribution in [3.05, 3.63) is 78.8 Å². The number of carbonyl (C=O) groups is 2. The second kappa shape index (κ2) is 7.41. The molecule has 158 valence electrons. The maximum atomic E-state index is 13.5. The summed E-state index contributed by atoms with van der Waals surface area (Å²) in [5.74, 6) is -0.106. The fourth-order valence-electron chi connectivity index (χ4n) is 5.36. The number of hydrogen-bond acceptors (Lipinski definition) is 4. The number of urea groups is 1. The number of fused-ring (bicyclic) bond motifs is 3. The normalized spacial score (nSPS) is 23.2. The molecule has 3 heterocycles. The van der Waals surface area contributed by atoms with Crippen molar-refractivity contribution >= 4 is 39.3 Å². The maximum Gasteiger partial charge on any atom is 0.329 e. The molecule has 6 nitrogen and oxygen atoms in total. The van der Waals surface area contributed by atoms with E-state index in [1.165, 1.54) is 10.5 Å². The molecule has 3 atom stereocenters. The van der Waals surface area contributed by atoms with Gasteiger partial charge in [0.25, 0.3) is 0 Å². The molecule has 1 saturated heterocycles. The highest BCUT2D eigenvalue weighted by molar-refractivity contribution is 6.20. The lowest BCUT2D eigenvalue weighted by atomic mass is 9.73. The zero-order valence-corrected chi connectivity index (χ0v) is 17.4. The first kappa shape index (κ1) is 18.9. The van der Waals surface area contributed by atoms with E-state index in [2.05, 4.69) is 39.6 Å². The van der Waals surface area contributed by atoms with Crippen LogP contribution < -0.4 is 10.2 Å². The SMILES string of the molecule is O=C1NC2CC(c3cccc4cccnc34)CCC2C(=O)N1c1cncc2ccccc12. The summed E-state index contributed by atoms with van der Waals surface area (Å²) in [6.45, 7) is 0. The summed E-state index contributed by atoms with van der Waals surface area (Å²) < 4.78 is 0. The van der Waals surface area contributed by atoms with Gasteiger partial charge < -0.3 is 5.32 Å². The summed E-state index contributed by atoms with van der Waals surface area (Å²) in [6.07, 6.45) is 7.52. The average molecular weight is 422 g/mol. The second-order valence-electron chi connectivity index (χ2n) is 8.65. The molecule has 2 fully saturated rings. The minimum atomic E-state index is -0.369. The molecule has 32 heavy (non-hydrogen) atoms. The Hall–Kier alpha value is -3.80. The van der Waals surface area contributed by atoms with E-state index in [9.17, 15) is 9.59 Å². The largest absolute Gasteiger partial charge is 0.334 e. The highest BCUT2D eigenvalue weighted by Gasteiger charge is 2.45. The topological polar surface area (TPSA) is 75.2 Å². The van der Waals surface area contributed by atoms with Crippen molar-refractivity contribution in [3.8, 4) is 0 Å². The number of amides is 3. The lowest BCUT2D eigenvalue weighted by molar-refractivity contribution is -0.124. The van der Waals surface area contributed by atoms with E-state index < -0.39 is 0 Å². The molecule has 2 aliphatic rings. The van der Waals surface area contributed by atoms with E-state index >= 15 is 0 Å². The quantitative estimate of drug-likeness (QED) is 0.504. The molecule has 4 aromatic rings. The Labute approximate surface area is 185 Å². The molecule has 3 unspecified atom stereocenters. The predicted octanol–water partition coefficient (Wildman–Crippen LogP) is 4.79. The molecule has 1 aliphatic heterocycles. The zero-order valence-electron chi connectivity index (χ0n) is 17.4. The predicted molar refractivity (Wildman–Crippen MR) is 123 cm³/mol. The number of rotatable bonds is 2. The van der Waals surface area contributed by atoms with Gasteiger partial charge in [-0.3, -0.25) is 14.8 Å². The van der Waals surface area contributed by atoms with Gasteiger partial charge in [-0.15, -0.1) is 0 Å². The molecular formula is C26H22N4O2. The summed E-state index contributed by atoms with van der Waals surface area (Å²) in [6, 6.07) is 17.4. The third-order valence-electron chi connectivity index (χ3n) is 6.89. The summed E-state index contributed by atoms with van der Waals surface area (Å²) in [7, 11) is 0. The minimum Gasteiger partial charge on any atom is -0.334 e. The number of nitrogens with one attached hydrogen (secondary N) is 1. The van der Waals surface area contributed by atoms with Crippen LogP contribution in [-0.2, 0) is 4.79 Å². The van der Waals surface area contributed by atoms with Gasteiger partial charge in [0.2, 0.25) is 5.91 Å². The van der Waals surface area contributed by atoms with Crippen LogP contribution in [0.1, 0.15) is 30.7 Å². The summed E-state index contributed by atoms with van der Waals surface area (Å²) in [5.41, 5.74) is 2.75. The van der Waals surface area contributed by atoms with Gasteiger partial charge >= 0.3 is 6.03 Å². The third kappa shape index (κ3) is 2.94. The van der Waals surface area contributed by atoms with Crippen LogP contribution in [0.4, 0.5) is 10.5 Å². The van der Waals surface area contributed by atoms with Crippen LogP contribution in [0.3, 0.4) is 0 Å². The van der Waals surface area contributed by atoms with Crippen LogP contribution in [0, 0.1) is 5.92 Å². The maximum absolute atomic E-state index is 13.5. The Balaban J connectivity index is 1.31. The van der Waals surface area contributed by atoms with Crippen molar-refractivity contribution in [3.63, 3.8) is 0 Å². The summed E-state index contributed by atoms with van der Waals surface area (Å²) >= 11 is 0. The van der Waals surface area contributed by atoms with Crippen LogP contribution in [0.15, 0.2) is 73.2 Å². The van der Waals surface area contributed by atoms with Gasteiger partial charge in [-0.05, 0) is 36.8 Å². The molecule has 0 radical (unpaired) electrons. The number of aromatic nitrogens is 2. The number of nitrogens with zero attached hydrogens (tertiary/aromatic N) is 3. The van der Waals surface area contributed by atoms with Gasteiger partial charge in [0.1, 0.15) is 0 Å². The molecule has 0 spiro atoms. The lowest BCUT2D eigenvalue weighted by Gasteiger charge is -2.42. The Kier molecular flexibility index (Phi) is 4.38. The van der Waals surface area contributed by atoms with Crippen molar-refractivity contribution in [2.75, 3.05) is 4.90 Å². The first-order valence-electron chi connectivity index (χ1n) is 11.0. The number of para-hydroxylation sites is 1. The fourth-order valence-corrected chi connectivity index (χ4v) is 5.36. The monoisotopic (exact) mass is 422 g/mol. The molecule has 2 aromatic carbocycles. The van der Waals surface area contributed by atoms with Crippen molar-refractivity contribution in [1.82, 2.24) is 15.3 Å². The van der Waals surface area contributed by atoms with Crippen molar-refractivity contribution in [2.45, 2.75) is 31.2 Å². The summed E-state index contributed by atoms with van der Waals surface area (Å²) in [4.78, 5) is 36.8. The number of imide groups is 1. The first-order chi connectivity index (χ1) is 15.7. The van der Waals surface area contributed by atoms with Gasteiger partial charge in [0, 0.05) is 34.6 Å². The van der Waals surface area contributed by atoms with Crippen molar-refractivity contribution in [1.29, 1.82) is 0 Å². The number of hydrogen-bond donors (Lipinski definition) is 1. The van der Waals surface area contributed by atoms with E-state index in [0.29, 0.717) is 5.69 Å². The van der Waals surface area contributed by atoms with Gasteiger partial charge in [-0.1, -0.05) is 48.5 Å². The number of anilines is 1. The zero-order chi connectivity index (χ0) is 21.7. The van der Waals surface area contributed by atoms with Crippen LogP contribution >= 0.6 is 0 Å². The van der Waals surface area contributed by atoms with Gasteiger partial charge in [0.05, 0.1) is 23.3 Å². The molecule has 1 saturated carbocycles. The second-order valence-corrected chi connectivity index (χ2v) is 8.65. The molecule has 3 amide bonds. The van der Waals surface area contributed by atoms with Crippen LogP contribution in [0.2, 0.25) is 0 Å². The van der Waals surface area contributed by atoms with Gasteiger partial charge in [-0.2, -0.15) is 0 Å². The number of carbonyl (C=O) groups excluding carboxylic acids is 2. The van der Waals surface area contributed by atoms with Crippen molar-refractivity contribution < 1.29 is 9.59 Å². The Bertz CT molecular complexity index is 1360. The molecule has 0 bridgehead atoms. The first-order valence-corrected chi connectivity index (χ1v) is 11.0. The van der Waals surface area contributed by atoms with Crippen LogP contribution in [-0.4, -0.2) is 27.9 Å². The molecular weight excluding hydrogens is 400 g/mol. The Morgan fingerprint density at radius 1 is 0.906 bits per heavy atom.